The number of hydrogen-bond acceptors (Lipinski definition) is 5. The molecule has 178 valence electrons. The van der Waals surface area contributed by atoms with E-state index in [1.807, 2.05) is 31.2 Å². The lowest BCUT2D eigenvalue weighted by molar-refractivity contribution is -0.123. The third-order valence-electron chi connectivity index (χ3n) is 4.98. The normalized spacial score (nSPS) is 14.5. The molecule has 5 nitrogen and oxygen atoms in total. The van der Waals surface area contributed by atoms with Crippen molar-refractivity contribution in [2.75, 3.05) is 0 Å². The number of benzene rings is 3. The Morgan fingerprint density at radius 2 is 1.89 bits per heavy atom. The maximum atomic E-state index is 13.0. The number of halogens is 3. The quantitative estimate of drug-likeness (QED) is 0.237. The van der Waals surface area contributed by atoms with Crippen LogP contribution < -0.4 is 10.2 Å². The lowest BCUT2D eigenvalue weighted by atomic mass is 10.1. The van der Waals surface area contributed by atoms with Gasteiger partial charge in [0.2, 0.25) is 0 Å². The summed E-state index contributed by atoms with van der Waals surface area (Å²) in [5.74, 6) is -0.297. The Labute approximate surface area is 230 Å². The molecule has 3 aromatic rings. The Morgan fingerprint density at radius 3 is 2.60 bits per heavy atom. The van der Waals surface area contributed by atoms with Crippen molar-refractivity contribution in [3.8, 4) is 5.75 Å². The zero-order valence-corrected chi connectivity index (χ0v) is 22.9. The van der Waals surface area contributed by atoms with Crippen molar-refractivity contribution in [3.05, 3.63) is 102 Å². The molecule has 1 N–H and O–H groups in total. The molecule has 1 aliphatic heterocycles. The molecule has 1 heterocycles. The monoisotopic (exact) mass is 606 g/mol. The first-order valence-electron chi connectivity index (χ1n) is 10.2. The number of hydrogen-bond donors (Lipinski definition) is 1. The number of nitrogens with zero attached hydrogens (tertiary/aromatic N) is 1. The van der Waals surface area contributed by atoms with E-state index in [1.165, 1.54) is 0 Å². The zero-order chi connectivity index (χ0) is 25.1. The summed E-state index contributed by atoms with van der Waals surface area (Å²) in [7, 11) is 0. The van der Waals surface area contributed by atoms with Crippen molar-refractivity contribution in [1.29, 1.82) is 0 Å². The summed E-state index contributed by atoms with van der Waals surface area (Å²) in [6, 6.07) is 17.7. The second-order valence-corrected chi connectivity index (χ2v) is 11.0. The highest BCUT2D eigenvalue weighted by Crippen LogP contribution is 2.35. The molecular formula is C25H17BrCl2N2O3S2. The van der Waals surface area contributed by atoms with Crippen LogP contribution in [0.5, 0.6) is 5.75 Å². The van der Waals surface area contributed by atoms with E-state index in [2.05, 4.69) is 21.4 Å². The van der Waals surface area contributed by atoms with Gasteiger partial charge in [0.05, 0.1) is 4.91 Å². The first kappa shape index (κ1) is 25.7. The largest absolute Gasteiger partial charge is 0.488 e. The van der Waals surface area contributed by atoms with Crippen LogP contribution in [0.2, 0.25) is 10.0 Å². The molecule has 0 atom stereocenters. The first-order valence-corrected chi connectivity index (χ1v) is 13.0. The number of hydrazine groups is 1. The maximum absolute atomic E-state index is 13.0. The molecule has 1 aliphatic rings. The number of ether oxygens (including phenoxy) is 1. The Balaban J connectivity index is 1.53. The van der Waals surface area contributed by atoms with Crippen molar-refractivity contribution in [3.63, 3.8) is 0 Å². The fourth-order valence-electron chi connectivity index (χ4n) is 3.13. The summed E-state index contributed by atoms with van der Waals surface area (Å²) in [5, 5.41) is 2.13. The molecule has 2 amide bonds. The molecule has 0 unspecified atom stereocenters. The molecular weight excluding hydrogens is 591 g/mol. The van der Waals surface area contributed by atoms with Gasteiger partial charge < -0.3 is 4.74 Å². The predicted octanol–water partition coefficient (Wildman–Crippen LogP) is 7.19. The molecule has 0 aliphatic carbocycles. The third-order valence-corrected chi connectivity index (χ3v) is 7.36. The summed E-state index contributed by atoms with van der Waals surface area (Å²) < 4.78 is 7.04. The Hall–Kier alpha value is -2.36. The molecule has 10 heteroatoms. The lowest BCUT2D eigenvalue weighted by Gasteiger charge is -2.15. The Bertz CT molecular complexity index is 1360. The van der Waals surface area contributed by atoms with Crippen LogP contribution in [-0.4, -0.2) is 21.1 Å². The number of thiocarbonyl (C=S) groups is 1. The van der Waals surface area contributed by atoms with Gasteiger partial charge in [-0.05, 0) is 67.7 Å². The zero-order valence-electron chi connectivity index (χ0n) is 18.2. The average molecular weight is 608 g/mol. The van der Waals surface area contributed by atoms with E-state index in [1.54, 1.807) is 42.5 Å². The number of carbonyl (C=O) groups is 2. The Kier molecular flexibility index (Phi) is 8.19. The molecule has 1 fully saturated rings. The average Bonchev–Trinajstić information content (AvgIpc) is 3.07. The maximum Gasteiger partial charge on any atom is 0.285 e. The number of carbonyl (C=O) groups excluding carboxylic acids is 2. The number of amides is 2. The highest BCUT2D eigenvalue weighted by molar-refractivity contribution is 9.10. The van der Waals surface area contributed by atoms with Crippen molar-refractivity contribution >= 4 is 85.3 Å². The second-order valence-electron chi connectivity index (χ2n) is 7.53. The van der Waals surface area contributed by atoms with E-state index >= 15 is 0 Å². The van der Waals surface area contributed by atoms with Gasteiger partial charge in [-0.1, -0.05) is 74.7 Å². The van der Waals surface area contributed by atoms with Gasteiger partial charge in [-0.15, -0.1) is 0 Å². The lowest BCUT2D eigenvalue weighted by Crippen LogP contribution is -2.44. The highest BCUT2D eigenvalue weighted by Gasteiger charge is 2.34. The van der Waals surface area contributed by atoms with Gasteiger partial charge in [-0.2, -0.15) is 5.01 Å². The predicted molar refractivity (Wildman–Crippen MR) is 149 cm³/mol. The van der Waals surface area contributed by atoms with Crippen LogP contribution in [-0.2, 0) is 11.4 Å². The number of aryl methyl sites for hydroxylation is 1. The summed E-state index contributed by atoms with van der Waals surface area (Å²) in [6.45, 7) is 2.14. The molecule has 3 aromatic carbocycles. The van der Waals surface area contributed by atoms with E-state index in [-0.39, 0.29) is 10.9 Å². The topological polar surface area (TPSA) is 58.6 Å². The van der Waals surface area contributed by atoms with Gasteiger partial charge in [0.25, 0.3) is 11.8 Å². The van der Waals surface area contributed by atoms with Crippen molar-refractivity contribution in [1.82, 2.24) is 10.4 Å². The third kappa shape index (κ3) is 6.26. The molecule has 0 aromatic heterocycles. The van der Waals surface area contributed by atoms with Gasteiger partial charge in [-0.3, -0.25) is 15.0 Å². The van der Waals surface area contributed by atoms with Crippen LogP contribution >= 0.6 is 63.1 Å². The van der Waals surface area contributed by atoms with Gasteiger partial charge in [0, 0.05) is 31.2 Å². The number of thioether (sulfide) groups is 1. The molecule has 1 saturated heterocycles. The van der Waals surface area contributed by atoms with E-state index in [0.717, 1.165) is 32.4 Å². The standard InChI is InChI=1S/C25H17BrCl2N2O3S2/c1-14-2-4-15(5-3-14)23(31)29-30-24(32)22(35-25(30)34)11-17-10-18(26)7-9-21(17)33-13-16-6-8-19(27)12-20(16)28/h2-12H,13H2,1H3,(H,29,31)/b22-11+. The van der Waals surface area contributed by atoms with E-state index < -0.39 is 11.8 Å². The SMILES string of the molecule is Cc1ccc(C(=O)NN2C(=O)/C(=C\c3cc(Br)ccc3OCc3ccc(Cl)cc3Cl)SC2=S)cc1. The molecule has 0 bridgehead atoms. The van der Waals surface area contributed by atoms with Gasteiger partial charge in [0.15, 0.2) is 4.32 Å². The number of rotatable bonds is 6. The summed E-state index contributed by atoms with van der Waals surface area (Å²) in [4.78, 5) is 26.0. The Morgan fingerprint density at radius 1 is 1.14 bits per heavy atom. The highest BCUT2D eigenvalue weighted by atomic mass is 79.9. The van der Waals surface area contributed by atoms with Crippen molar-refractivity contribution in [2.45, 2.75) is 13.5 Å². The minimum Gasteiger partial charge on any atom is -0.488 e. The second kappa shape index (κ2) is 11.1. The van der Waals surface area contributed by atoms with Crippen LogP contribution in [0.1, 0.15) is 27.0 Å². The summed E-state index contributed by atoms with van der Waals surface area (Å²) in [6.07, 6.45) is 1.68. The fourth-order valence-corrected chi connectivity index (χ4v) is 5.15. The van der Waals surface area contributed by atoms with E-state index in [9.17, 15) is 9.59 Å². The summed E-state index contributed by atoms with van der Waals surface area (Å²) in [5.41, 5.74) is 5.48. The van der Waals surface area contributed by atoms with E-state index in [4.69, 9.17) is 40.2 Å². The van der Waals surface area contributed by atoms with Gasteiger partial charge in [0.1, 0.15) is 12.4 Å². The molecule has 0 radical (unpaired) electrons. The number of nitrogens with one attached hydrogen (secondary N) is 1. The molecule has 35 heavy (non-hydrogen) atoms. The van der Waals surface area contributed by atoms with Crippen LogP contribution in [0, 0.1) is 6.92 Å². The van der Waals surface area contributed by atoms with Crippen LogP contribution in [0.15, 0.2) is 70.0 Å². The molecule has 0 spiro atoms. The van der Waals surface area contributed by atoms with Crippen molar-refractivity contribution < 1.29 is 14.3 Å². The minimum absolute atomic E-state index is 0.214. The van der Waals surface area contributed by atoms with Crippen molar-refractivity contribution in [2.24, 2.45) is 0 Å². The summed E-state index contributed by atoms with van der Waals surface area (Å²) >= 11 is 22.1. The first-order chi connectivity index (χ1) is 16.7. The van der Waals surface area contributed by atoms with Gasteiger partial charge >= 0.3 is 0 Å². The van der Waals surface area contributed by atoms with E-state index in [0.29, 0.717) is 31.8 Å². The fraction of sp³-hybridized carbons (Fsp3) is 0.0800. The van der Waals surface area contributed by atoms with Crippen LogP contribution in [0.3, 0.4) is 0 Å². The van der Waals surface area contributed by atoms with Crippen LogP contribution in [0.4, 0.5) is 0 Å². The molecule has 4 rings (SSSR count). The smallest absolute Gasteiger partial charge is 0.285 e. The molecule has 0 saturated carbocycles. The van der Waals surface area contributed by atoms with Crippen LogP contribution in [0.25, 0.3) is 6.08 Å². The minimum atomic E-state index is -0.424. The van der Waals surface area contributed by atoms with Gasteiger partial charge in [-0.25, -0.2) is 0 Å².